The molecule has 0 aliphatic heterocycles. The summed E-state index contributed by atoms with van der Waals surface area (Å²) in [6.45, 7) is 6.85. The summed E-state index contributed by atoms with van der Waals surface area (Å²) in [7, 11) is 0. The second-order valence-corrected chi connectivity index (χ2v) is 7.37. The number of guanidine groups is 1. The zero-order valence-electron chi connectivity index (χ0n) is 12.4. The van der Waals surface area contributed by atoms with E-state index in [1.54, 1.807) is 11.3 Å². The normalized spacial score (nSPS) is 20.8. The van der Waals surface area contributed by atoms with Crippen LogP contribution < -0.4 is 10.6 Å². The first-order valence-corrected chi connectivity index (χ1v) is 8.47. The lowest BCUT2D eigenvalue weighted by Gasteiger charge is -2.17. The molecule has 0 unspecified atom stereocenters. The molecule has 2 aliphatic carbocycles. The van der Waals surface area contributed by atoms with E-state index < -0.39 is 0 Å². The van der Waals surface area contributed by atoms with Crippen molar-refractivity contribution >= 4 is 17.3 Å². The third-order valence-corrected chi connectivity index (χ3v) is 5.23. The predicted molar refractivity (Wildman–Crippen MR) is 84.1 cm³/mol. The van der Waals surface area contributed by atoms with E-state index in [0.717, 1.165) is 30.0 Å². The first-order valence-electron chi connectivity index (χ1n) is 7.65. The van der Waals surface area contributed by atoms with Gasteiger partial charge in [-0.2, -0.15) is 0 Å². The molecule has 4 nitrogen and oxygen atoms in total. The minimum Gasteiger partial charge on any atom is -0.357 e. The standard InChI is InChI=1S/C15H24N4S/c1-3-16-14(18-9-13-17-8-11(2)20-13)19-10-15(6-7-15)12-4-5-12/h8,12H,3-7,9-10H2,1-2H3,(H2,16,18,19). The molecule has 1 aromatic rings. The fourth-order valence-corrected chi connectivity index (χ4v) is 3.52. The van der Waals surface area contributed by atoms with E-state index in [0.29, 0.717) is 12.0 Å². The van der Waals surface area contributed by atoms with E-state index in [9.17, 15) is 0 Å². The Morgan fingerprint density at radius 3 is 2.80 bits per heavy atom. The van der Waals surface area contributed by atoms with E-state index in [2.05, 4.69) is 34.5 Å². The highest BCUT2D eigenvalue weighted by atomic mass is 32.1. The van der Waals surface area contributed by atoms with Crippen LogP contribution in [-0.4, -0.2) is 24.0 Å². The van der Waals surface area contributed by atoms with Crippen LogP contribution in [0.15, 0.2) is 11.2 Å². The average molecular weight is 292 g/mol. The molecule has 0 aromatic carbocycles. The molecule has 20 heavy (non-hydrogen) atoms. The second-order valence-electron chi connectivity index (χ2n) is 6.05. The third-order valence-electron chi connectivity index (χ3n) is 4.33. The van der Waals surface area contributed by atoms with Gasteiger partial charge in [-0.3, -0.25) is 0 Å². The first-order chi connectivity index (χ1) is 9.72. The van der Waals surface area contributed by atoms with Gasteiger partial charge in [0, 0.05) is 24.2 Å². The molecule has 0 radical (unpaired) electrons. The number of rotatable bonds is 6. The second kappa shape index (κ2) is 5.72. The molecule has 1 aromatic heterocycles. The summed E-state index contributed by atoms with van der Waals surface area (Å²) < 4.78 is 0. The van der Waals surface area contributed by atoms with Crippen molar-refractivity contribution in [2.24, 2.45) is 16.3 Å². The maximum absolute atomic E-state index is 4.65. The van der Waals surface area contributed by atoms with E-state index in [1.165, 1.54) is 30.6 Å². The van der Waals surface area contributed by atoms with Crippen LogP contribution in [0.2, 0.25) is 0 Å². The predicted octanol–water partition coefficient (Wildman–Crippen LogP) is 2.70. The van der Waals surface area contributed by atoms with Crippen molar-refractivity contribution in [1.82, 2.24) is 15.6 Å². The van der Waals surface area contributed by atoms with Gasteiger partial charge in [0.2, 0.25) is 0 Å². The highest BCUT2D eigenvalue weighted by Gasteiger charge is 2.53. The molecule has 0 saturated heterocycles. The smallest absolute Gasteiger partial charge is 0.191 e. The fourth-order valence-electron chi connectivity index (χ4n) is 2.81. The Morgan fingerprint density at radius 2 is 2.25 bits per heavy atom. The Labute approximate surface area is 125 Å². The zero-order chi connectivity index (χ0) is 14.0. The van der Waals surface area contributed by atoms with Gasteiger partial charge in [-0.15, -0.1) is 11.3 Å². The number of aliphatic imine (C=N–C) groups is 1. The van der Waals surface area contributed by atoms with E-state index >= 15 is 0 Å². The molecule has 5 heteroatoms. The van der Waals surface area contributed by atoms with Crippen molar-refractivity contribution in [3.63, 3.8) is 0 Å². The molecule has 2 fully saturated rings. The van der Waals surface area contributed by atoms with E-state index in [1.807, 2.05) is 6.20 Å². The lowest BCUT2D eigenvalue weighted by molar-refractivity contribution is 0.431. The van der Waals surface area contributed by atoms with Crippen molar-refractivity contribution in [3.8, 4) is 0 Å². The molecule has 0 atom stereocenters. The Balaban J connectivity index is 1.54. The van der Waals surface area contributed by atoms with Gasteiger partial charge in [-0.25, -0.2) is 9.98 Å². The Hall–Kier alpha value is -1.10. The highest BCUT2D eigenvalue weighted by molar-refractivity contribution is 7.11. The van der Waals surface area contributed by atoms with Gasteiger partial charge in [0.05, 0.1) is 6.54 Å². The minimum atomic E-state index is 0.605. The number of nitrogens with one attached hydrogen (secondary N) is 2. The fraction of sp³-hybridized carbons (Fsp3) is 0.733. The topological polar surface area (TPSA) is 49.3 Å². The van der Waals surface area contributed by atoms with Crippen LogP contribution in [-0.2, 0) is 6.54 Å². The summed E-state index contributed by atoms with van der Waals surface area (Å²) in [5.74, 6) is 1.92. The summed E-state index contributed by atoms with van der Waals surface area (Å²) in [5, 5.41) is 7.96. The van der Waals surface area contributed by atoms with Crippen LogP contribution in [0.1, 0.15) is 42.5 Å². The minimum absolute atomic E-state index is 0.605. The SMILES string of the molecule is CCNC(=NCc1ncc(C)s1)NCC1(C2CC2)CC1. The van der Waals surface area contributed by atoms with Gasteiger partial charge in [-0.1, -0.05) is 0 Å². The number of nitrogens with zero attached hydrogens (tertiary/aromatic N) is 2. The zero-order valence-corrected chi connectivity index (χ0v) is 13.2. The largest absolute Gasteiger partial charge is 0.357 e. The average Bonchev–Trinajstić information content (AvgIpc) is 3.32. The molecule has 2 saturated carbocycles. The molecule has 1 heterocycles. The number of hydrogen-bond donors (Lipinski definition) is 2. The summed E-state index contributed by atoms with van der Waals surface area (Å²) in [5.41, 5.74) is 0.605. The van der Waals surface area contributed by atoms with E-state index in [4.69, 9.17) is 0 Å². The molecular formula is C15H24N4S. The van der Waals surface area contributed by atoms with E-state index in [-0.39, 0.29) is 0 Å². The molecule has 2 aliphatic rings. The summed E-state index contributed by atoms with van der Waals surface area (Å²) in [6.07, 6.45) is 7.59. The maximum Gasteiger partial charge on any atom is 0.191 e. The Kier molecular flexibility index (Phi) is 3.96. The summed E-state index contributed by atoms with van der Waals surface area (Å²) >= 11 is 1.72. The van der Waals surface area contributed by atoms with Crippen LogP contribution in [0.5, 0.6) is 0 Å². The first kappa shape index (κ1) is 13.9. The molecule has 3 rings (SSSR count). The quantitative estimate of drug-likeness (QED) is 0.626. The van der Waals surface area contributed by atoms with Gasteiger partial charge >= 0.3 is 0 Å². The van der Waals surface area contributed by atoms with Crippen molar-refractivity contribution in [2.45, 2.75) is 46.1 Å². The molecule has 0 amide bonds. The monoisotopic (exact) mass is 292 g/mol. The van der Waals surface area contributed by atoms with Gasteiger partial charge in [-0.05, 0) is 50.9 Å². The Morgan fingerprint density at radius 1 is 1.45 bits per heavy atom. The van der Waals surface area contributed by atoms with Crippen LogP contribution in [0.3, 0.4) is 0 Å². The van der Waals surface area contributed by atoms with Crippen LogP contribution in [0, 0.1) is 18.3 Å². The molecule has 110 valence electrons. The van der Waals surface area contributed by atoms with Crippen molar-refractivity contribution < 1.29 is 0 Å². The number of thiazole rings is 1. The van der Waals surface area contributed by atoms with Crippen molar-refractivity contribution in [3.05, 3.63) is 16.1 Å². The maximum atomic E-state index is 4.65. The number of aromatic nitrogens is 1. The summed E-state index contributed by atoms with van der Waals surface area (Å²) in [4.78, 5) is 10.3. The number of hydrogen-bond acceptors (Lipinski definition) is 3. The van der Waals surface area contributed by atoms with Gasteiger partial charge in [0.15, 0.2) is 5.96 Å². The van der Waals surface area contributed by atoms with Crippen molar-refractivity contribution in [1.29, 1.82) is 0 Å². The molecule has 0 bridgehead atoms. The summed E-state index contributed by atoms with van der Waals surface area (Å²) in [6, 6.07) is 0. The molecule has 0 spiro atoms. The van der Waals surface area contributed by atoms with Crippen molar-refractivity contribution in [2.75, 3.05) is 13.1 Å². The molecule has 2 N–H and O–H groups in total. The lowest BCUT2D eigenvalue weighted by atomic mass is 10.0. The van der Waals surface area contributed by atoms with Gasteiger partial charge in [0.25, 0.3) is 0 Å². The van der Waals surface area contributed by atoms with Crippen LogP contribution in [0.4, 0.5) is 0 Å². The van der Waals surface area contributed by atoms with Gasteiger partial charge < -0.3 is 10.6 Å². The van der Waals surface area contributed by atoms with Gasteiger partial charge in [0.1, 0.15) is 5.01 Å². The molecular weight excluding hydrogens is 268 g/mol. The van der Waals surface area contributed by atoms with Crippen LogP contribution >= 0.6 is 11.3 Å². The highest BCUT2D eigenvalue weighted by Crippen LogP contribution is 2.60. The van der Waals surface area contributed by atoms with Crippen LogP contribution in [0.25, 0.3) is 0 Å². The third kappa shape index (κ3) is 3.32. The lowest BCUT2D eigenvalue weighted by Crippen LogP contribution is -2.40. The number of aryl methyl sites for hydroxylation is 1. The Bertz CT molecular complexity index is 486.